The van der Waals surface area contributed by atoms with Gasteiger partial charge in [0.15, 0.2) is 0 Å². The molecule has 0 aromatic heterocycles. The van der Waals surface area contributed by atoms with Crippen molar-refractivity contribution in [2.45, 2.75) is 45.2 Å². The number of terminal acetylenes is 1. The molecule has 3 N–H and O–H groups in total. The Morgan fingerprint density at radius 2 is 2.15 bits per heavy atom. The Hall–Kier alpha value is -1.50. The molecule has 20 heavy (non-hydrogen) atoms. The van der Waals surface area contributed by atoms with Crippen LogP contribution in [0, 0.1) is 12.3 Å². The molecule has 0 amide bonds. The SMILES string of the molecule is C#CC(CCC)NC(CN)c1cccc(OCCC)c1. The van der Waals surface area contributed by atoms with E-state index in [0.717, 1.165) is 37.2 Å². The van der Waals surface area contributed by atoms with Crippen molar-refractivity contribution in [3.8, 4) is 18.1 Å². The Labute approximate surface area is 122 Å². The molecule has 2 atom stereocenters. The molecule has 3 nitrogen and oxygen atoms in total. The second kappa shape index (κ2) is 9.41. The van der Waals surface area contributed by atoms with Crippen molar-refractivity contribution in [1.82, 2.24) is 5.32 Å². The van der Waals surface area contributed by atoms with E-state index in [1.165, 1.54) is 0 Å². The maximum absolute atomic E-state index is 5.88. The topological polar surface area (TPSA) is 47.3 Å². The molecule has 0 aliphatic rings. The molecule has 0 bridgehead atoms. The highest BCUT2D eigenvalue weighted by atomic mass is 16.5. The van der Waals surface area contributed by atoms with Crippen molar-refractivity contribution in [2.24, 2.45) is 5.73 Å². The fourth-order valence-electron chi connectivity index (χ4n) is 2.09. The van der Waals surface area contributed by atoms with Crippen LogP contribution in [-0.4, -0.2) is 19.2 Å². The number of nitrogens with two attached hydrogens (primary N) is 1. The Kier molecular flexibility index (Phi) is 7.79. The first-order valence-corrected chi connectivity index (χ1v) is 7.40. The number of hydrogen-bond donors (Lipinski definition) is 2. The van der Waals surface area contributed by atoms with Gasteiger partial charge in [0.1, 0.15) is 5.75 Å². The van der Waals surface area contributed by atoms with Crippen LogP contribution >= 0.6 is 0 Å². The number of hydrogen-bond acceptors (Lipinski definition) is 3. The van der Waals surface area contributed by atoms with E-state index in [4.69, 9.17) is 16.9 Å². The molecular formula is C17H26N2O. The molecule has 0 aliphatic carbocycles. The quantitative estimate of drug-likeness (QED) is 0.681. The second-order valence-electron chi connectivity index (χ2n) is 4.88. The predicted molar refractivity (Wildman–Crippen MR) is 84.7 cm³/mol. The van der Waals surface area contributed by atoms with Gasteiger partial charge in [-0.25, -0.2) is 0 Å². The van der Waals surface area contributed by atoms with Crippen molar-refractivity contribution >= 4 is 0 Å². The first-order chi connectivity index (χ1) is 9.74. The Morgan fingerprint density at radius 3 is 2.75 bits per heavy atom. The van der Waals surface area contributed by atoms with Gasteiger partial charge in [0.2, 0.25) is 0 Å². The molecule has 2 unspecified atom stereocenters. The fourth-order valence-corrected chi connectivity index (χ4v) is 2.09. The molecule has 3 heteroatoms. The van der Waals surface area contributed by atoms with Gasteiger partial charge in [-0.15, -0.1) is 6.42 Å². The molecule has 0 heterocycles. The largest absolute Gasteiger partial charge is 0.494 e. The van der Waals surface area contributed by atoms with Crippen LogP contribution in [0.15, 0.2) is 24.3 Å². The van der Waals surface area contributed by atoms with E-state index in [1.54, 1.807) is 0 Å². The zero-order valence-corrected chi connectivity index (χ0v) is 12.6. The molecular weight excluding hydrogens is 248 g/mol. The summed E-state index contributed by atoms with van der Waals surface area (Å²) < 4.78 is 5.66. The first-order valence-electron chi connectivity index (χ1n) is 7.40. The normalized spacial score (nSPS) is 13.5. The van der Waals surface area contributed by atoms with Gasteiger partial charge in [0, 0.05) is 12.6 Å². The van der Waals surface area contributed by atoms with Crippen LogP contribution in [0.4, 0.5) is 0 Å². The number of rotatable bonds is 9. The zero-order chi connectivity index (χ0) is 14.8. The van der Waals surface area contributed by atoms with Gasteiger partial charge < -0.3 is 10.5 Å². The van der Waals surface area contributed by atoms with E-state index in [0.29, 0.717) is 6.54 Å². The molecule has 0 aliphatic heterocycles. The van der Waals surface area contributed by atoms with Crippen molar-refractivity contribution in [1.29, 1.82) is 0 Å². The van der Waals surface area contributed by atoms with Crippen molar-refractivity contribution in [2.75, 3.05) is 13.2 Å². The summed E-state index contributed by atoms with van der Waals surface area (Å²) in [6, 6.07) is 8.19. The minimum absolute atomic E-state index is 0.0628. The summed E-state index contributed by atoms with van der Waals surface area (Å²) in [5.41, 5.74) is 7.00. The Balaban J connectivity index is 2.76. The van der Waals surface area contributed by atoms with Crippen LogP contribution in [0.1, 0.15) is 44.7 Å². The van der Waals surface area contributed by atoms with Gasteiger partial charge in [-0.3, -0.25) is 5.32 Å². The lowest BCUT2D eigenvalue weighted by molar-refractivity contribution is 0.316. The highest BCUT2D eigenvalue weighted by molar-refractivity contribution is 5.31. The molecule has 0 saturated carbocycles. The van der Waals surface area contributed by atoms with Gasteiger partial charge in [-0.1, -0.05) is 38.3 Å². The maximum atomic E-state index is 5.88. The van der Waals surface area contributed by atoms with Crippen LogP contribution in [0.2, 0.25) is 0 Å². The van der Waals surface area contributed by atoms with Crippen molar-refractivity contribution < 1.29 is 4.74 Å². The van der Waals surface area contributed by atoms with Crippen LogP contribution in [0.25, 0.3) is 0 Å². The number of benzene rings is 1. The second-order valence-corrected chi connectivity index (χ2v) is 4.88. The summed E-state index contributed by atoms with van der Waals surface area (Å²) in [6.45, 7) is 5.46. The maximum Gasteiger partial charge on any atom is 0.119 e. The molecule has 0 fully saturated rings. The van der Waals surface area contributed by atoms with Gasteiger partial charge in [-0.2, -0.15) is 0 Å². The summed E-state index contributed by atoms with van der Waals surface area (Å²) in [5, 5.41) is 3.44. The predicted octanol–water partition coefficient (Wildman–Crippen LogP) is 2.87. The van der Waals surface area contributed by atoms with Crippen LogP contribution in [0.5, 0.6) is 5.75 Å². The van der Waals surface area contributed by atoms with Crippen LogP contribution < -0.4 is 15.8 Å². The van der Waals surface area contributed by atoms with Crippen molar-refractivity contribution in [3.63, 3.8) is 0 Å². The van der Waals surface area contributed by atoms with E-state index < -0.39 is 0 Å². The third-order valence-corrected chi connectivity index (χ3v) is 3.15. The van der Waals surface area contributed by atoms with Gasteiger partial charge in [-0.05, 0) is 30.5 Å². The van der Waals surface area contributed by atoms with E-state index in [-0.39, 0.29) is 12.1 Å². The van der Waals surface area contributed by atoms with E-state index in [1.807, 2.05) is 18.2 Å². The minimum Gasteiger partial charge on any atom is -0.494 e. The smallest absolute Gasteiger partial charge is 0.119 e. The molecule has 110 valence electrons. The third kappa shape index (κ3) is 5.24. The summed E-state index contributed by atoms with van der Waals surface area (Å²) in [5.74, 6) is 3.67. The monoisotopic (exact) mass is 274 g/mol. The summed E-state index contributed by atoms with van der Waals surface area (Å²) in [4.78, 5) is 0. The van der Waals surface area contributed by atoms with E-state index in [2.05, 4.69) is 31.2 Å². The average molecular weight is 274 g/mol. The lowest BCUT2D eigenvalue weighted by Crippen LogP contribution is -2.35. The molecule has 1 aromatic carbocycles. The average Bonchev–Trinajstić information content (AvgIpc) is 2.49. The standard InChI is InChI=1S/C17H26N2O/c1-4-8-15(6-3)19-17(13-18)14-9-7-10-16(12-14)20-11-5-2/h3,7,9-10,12,15,17,19H,4-5,8,11,13,18H2,1-2H3. The first kappa shape index (κ1) is 16.6. The molecule has 1 aromatic rings. The van der Waals surface area contributed by atoms with Gasteiger partial charge >= 0.3 is 0 Å². The number of nitrogens with one attached hydrogen (secondary N) is 1. The van der Waals surface area contributed by atoms with Crippen LogP contribution in [0.3, 0.4) is 0 Å². The van der Waals surface area contributed by atoms with Crippen LogP contribution in [-0.2, 0) is 0 Å². The molecule has 0 spiro atoms. The summed E-state index contributed by atoms with van der Waals surface area (Å²) >= 11 is 0. The molecule has 0 radical (unpaired) electrons. The van der Waals surface area contributed by atoms with Crippen molar-refractivity contribution in [3.05, 3.63) is 29.8 Å². The third-order valence-electron chi connectivity index (χ3n) is 3.15. The Morgan fingerprint density at radius 1 is 1.35 bits per heavy atom. The highest BCUT2D eigenvalue weighted by Gasteiger charge is 2.14. The zero-order valence-electron chi connectivity index (χ0n) is 12.6. The van der Waals surface area contributed by atoms with Gasteiger partial charge in [0.25, 0.3) is 0 Å². The van der Waals surface area contributed by atoms with E-state index in [9.17, 15) is 0 Å². The fraction of sp³-hybridized carbons (Fsp3) is 0.529. The lowest BCUT2D eigenvalue weighted by atomic mass is 10.0. The minimum atomic E-state index is 0.0628. The molecule has 0 saturated heterocycles. The van der Waals surface area contributed by atoms with Gasteiger partial charge in [0.05, 0.1) is 12.6 Å². The van der Waals surface area contributed by atoms with E-state index >= 15 is 0 Å². The lowest BCUT2D eigenvalue weighted by Gasteiger charge is -2.22. The molecule has 1 rings (SSSR count). The highest BCUT2D eigenvalue weighted by Crippen LogP contribution is 2.20. The summed E-state index contributed by atoms with van der Waals surface area (Å²) in [6.07, 6.45) is 8.57. The number of ether oxygens (including phenoxy) is 1. The Bertz CT molecular complexity index is 425. The summed E-state index contributed by atoms with van der Waals surface area (Å²) in [7, 11) is 0.